The lowest BCUT2D eigenvalue weighted by molar-refractivity contribution is 0.190. The van der Waals surface area contributed by atoms with Crippen LogP contribution in [-0.2, 0) is 16.4 Å². The number of rotatable bonds is 7. The van der Waals surface area contributed by atoms with Crippen molar-refractivity contribution in [1.82, 2.24) is 9.21 Å². The minimum Gasteiger partial charge on any atom is -0.494 e. The van der Waals surface area contributed by atoms with E-state index in [1.54, 1.807) is 36.4 Å². The van der Waals surface area contributed by atoms with Crippen molar-refractivity contribution >= 4 is 10.0 Å². The van der Waals surface area contributed by atoms with E-state index < -0.39 is 10.0 Å². The van der Waals surface area contributed by atoms with E-state index >= 15 is 0 Å². The Morgan fingerprint density at radius 2 is 1.67 bits per heavy atom. The normalized spacial score (nSPS) is 16.4. The molecule has 0 atom stereocenters. The molecule has 7 heteroatoms. The quantitative estimate of drug-likeness (QED) is 0.727. The number of sulfonamides is 1. The summed E-state index contributed by atoms with van der Waals surface area (Å²) >= 11 is 0. The fourth-order valence-electron chi connectivity index (χ4n) is 3.20. The van der Waals surface area contributed by atoms with Gasteiger partial charge in [0.05, 0.1) is 11.5 Å². The zero-order chi connectivity index (χ0) is 19.3. The van der Waals surface area contributed by atoms with Crippen LogP contribution in [0.2, 0.25) is 0 Å². The van der Waals surface area contributed by atoms with Crippen molar-refractivity contribution in [2.24, 2.45) is 0 Å². The molecular formula is C20H25FN2O3S. The van der Waals surface area contributed by atoms with Gasteiger partial charge in [-0.3, -0.25) is 0 Å². The number of piperazine rings is 1. The Morgan fingerprint density at radius 1 is 1.00 bits per heavy atom. The highest BCUT2D eigenvalue weighted by atomic mass is 32.2. The summed E-state index contributed by atoms with van der Waals surface area (Å²) in [6.45, 7) is 5.31. The monoisotopic (exact) mass is 392 g/mol. The first-order valence-corrected chi connectivity index (χ1v) is 10.6. The molecule has 0 aliphatic carbocycles. The predicted molar refractivity (Wildman–Crippen MR) is 103 cm³/mol. The Bertz CT molecular complexity index is 848. The second-order valence-electron chi connectivity index (χ2n) is 6.49. The third-order valence-electron chi connectivity index (χ3n) is 4.76. The summed E-state index contributed by atoms with van der Waals surface area (Å²) in [7, 11) is -3.50. The van der Waals surface area contributed by atoms with E-state index in [1.807, 2.05) is 13.0 Å². The van der Waals surface area contributed by atoms with Gasteiger partial charge in [0.1, 0.15) is 11.6 Å². The van der Waals surface area contributed by atoms with Crippen LogP contribution in [0.3, 0.4) is 0 Å². The Morgan fingerprint density at radius 3 is 2.30 bits per heavy atom. The molecule has 0 bridgehead atoms. The fourth-order valence-corrected chi connectivity index (χ4v) is 4.62. The molecule has 0 radical (unpaired) electrons. The first kappa shape index (κ1) is 19.8. The topological polar surface area (TPSA) is 49.9 Å². The van der Waals surface area contributed by atoms with E-state index in [-0.39, 0.29) is 10.7 Å². The lowest BCUT2D eigenvalue weighted by Crippen LogP contribution is -2.49. The molecule has 27 heavy (non-hydrogen) atoms. The molecule has 1 aliphatic rings. The molecule has 0 amide bonds. The van der Waals surface area contributed by atoms with Crippen LogP contribution >= 0.6 is 0 Å². The van der Waals surface area contributed by atoms with Gasteiger partial charge in [-0.05, 0) is 49.2 Å². The summed E-state index contributed by atoms with van der Waals surface area (Å²) < 4.78 is 46.2. The maximum absolute atomic E-state index is 13.7. The predicted octanol–water partition coefficient (Wildman–Crippen LogP) is 2.77. The average Bonchev–Trinajstić information content (AvgIpc) is 2.68. The number of nitrogens with zero attached hydrogens (tertiary/aromatic N) is 2. The first-order valence-electron chi connectivity index (χ1n) is 9.19. The smallest absolute Gasteiger partial charge is 0.243 e. The van der Waals surface area contributed by atoms with Crippen LogP contribution in [0.25, 0.3) is 0 Å². The average molecular weight is 392 g/mol. The SMILES string of the molecule is CCOc1ccc(S(=O)(=O)N2CCN(CCc3ccccc3F)CC2)cc1. The molecule has 1 fully saturated rings. The van der Waals surface area contributed by atoms with E-state index in [1.165, 1.54) is 10.4 Å². The number of benzene rings is 2. The highest BCUT2D eigenvalue weighted by Gasteiger charge is 2.28. The zero-order valence-electron chi connectivity index (χ0n) is 15.5. The van der Waals surface area contributed by atoms with Gasteiger partial charge in [-0.15, -0.1) is 0 Å². The van der Waals surface area contributed by atoms with Crippen LogP contribution in [0, 0.1) is 5.82 Å². The summed E-state index contributed by atoms with van der Waals surface area (Å²) in [5.41, 5.74) is 0.696. The lowest BCUT2D eigenvalue weighted by Gasteiger charge is -2.34. The largest absolute Gasteiger partial charge is 0.494 e. The molecule has 0 saturated carbocycles. The Hall–Kier alpha value is -1.96. The molecular weight excluding hydrogens is 367 g/mol. The molecule has 0 aromatic heterocycles. The van der Waals surface area contributed by atoms with Crippen LogP contribution < -0.4 is 4.74 Å². The van der Waals surface area contributed by atoms with Crippen LogP contribution in [0.5, 0.6) is 5.75 Å². The molecule has 1 aliphatic heterocycles. The number of halogens is 1. The summed E-state index contributed by atoms with van der Waals surface area (Å²) in [6.07, 6.45) is 0.623. The molecule has 2 aromatic rings. The minimum atomic E-state index is -3.50. The maximum Gasteiger partial charge on any atom is 0.243 e. The Balaban J connectivity index is 1.55. The standard InChI is InChI=1S/C20H25FN2O3S/c1-2-26-18-7-9-19(10-8-18)27(24,25)23-15-13-22(14-16-23)12-11-17-5-3-4-6-20(17)21/h3-10H,2,11-16H2,1H3. The molecule has 2 aromatic carbocycles. The summed E-state index contributed by atoms with van der Waals surface area (Å²) in [5.74, 6) is 0.476. The van der Waals surface area contributed by atoms with Crippen LogP contribution in [-0.4, -0.2) is 57.0 Å². The summed E-state index contributed by atoms with van der Waals surface area (Å²) in [5, 5.41) is 0. The van der Waals surface area contributed by atoms with Gasteiger partial charge < -0.3 is 9.64 Å². The third kappa shape index (κ3) is 4.86. The lowest BCUT2D eigenvalue weighted by atomic mass is 10.1. The van der Waals surface area contributed by atoms with Gasteiger partial charge in [-0.1, -0.05) is 18.2 Å². The van der Waals surface area contributed by atoms with E-state index in [2.05, 4.69) is 4.90 Å². The van der Waals surface area contributed by atoms with Gasteiger partial charge in [0, 0.05) is 32.7 Å². The molecule has 1 saturated heterocycles. The molecule has 1 heterocycles. The van der Waals surface area contributed by atoms with E-state index in [9.17, 15) is 12.8 Å². The summed E-state index contributed by atoms with van der Waals surface area (Å²) in [6, 6.07) is 13.3. The highest BCUT2D eigenvalue weighted by Crippen LogP contribution is 2.21. The van der Waals surface area contributed by atoms with Crippen LogP contribution in [0.4, 0.5) is 4.39 Å². The second-order valence-corrected chi connectivity index (χ2v) is 8.43. The van der Waals surface area contributed by atoms with Gasteiger partial charge in [0.15, 0.2) is 0 Å². The molecule has 0 N–H and O–H groups in total. The van der Waals surface area contributed by atoms with Gasteiger partial charge >= 0.3 is 0 Å². The van der Waals surface area contributed by atoms with Crippen LogP contribution in [0.1, 0.15) is 12.5 Å². The van der Waals surface area contributed by atoms with Crippen molar-refractivity contribution in [3.05, 3.63) is 59.9 Å². The second kappa shape index (κ2) is 8.82. The molecule has 0 unspecified atom stereocenters. The maximum atomic E-state index is 13.7. The molecule has 5 nitrogen and oxygen atoms in total. The van der Waals surface area contributed by atoms with Crippen molar-refractivity contribution in [3.63, 3.8) is 0 Å². The number of hydrogen-bond donors (Lipinski definition) is 0. The first-order chi connectivity index (χ1) is 13.0. The van der Waals surface area contributed by atoms with E-state index in [0.29, 0.717) is 50.5 Å². The van der Waals surface area contributed by atoms with Gasteiger partial charge in [0.2, 0.25) is 10.0 Å². The van der Waals surface area contributed by atoms with Gasteiger partial charge in [-0.2, -0.15) is 4.31 Å². The molecule has 0 spiro atoms. The Kier molecular flexibility index (Phi) is 6.46. The number of ether oxygens (including phenoxy) is 1. The molecule has 3 rings (SSSR count). The van der Waals surface area contributed by atoms with Crippen molar-refractivity contribution in [3.8, 4) is 5.75 Å². The third-order valence-corrected chi connectivity index (χ3v) is 6.67. The highest BCUT2D eigenvalue weighted by molar-refractivity contribution is 7.89. The van der Waals surface area contributed by atoms with E-state index in [0.717, 1.165) is 6.54 Å². The van der Waals surface area contributed by atoms with Crippen LogP contribution in [0.15, 0.2) is 53.4 Å². The molecule has 146 valence electrons. The zero-order valence-corrected chi connectivity index (χ0v) is 16.3. The van der Waals surface area contributed by atoms with Crippen molar-refractivity contribution in [2.75, 3.05) is 39.3 Å². The van der Waals surface area contributed by atoms with E-state index in [4.69, 9.17) is 4.74 Å². The summed E-state index contributed by atoms with van der Waals surface area (Å²) in [4.78, 5) is 2.46. The van der Waals surface area contributed by atoms with Crippen molar-refractivity contribution in [2.45, 2.75) is 18.2 Å². The minimum absolute atomic E-state index is 0.186. The van der Waals surface area contributed by atoms with Gasteiger partial charge in [-0.25, -0.2) is 12.8 Å². The Labute approximate surface area is 160 Å². The van der Waals surface area contributed by atoms with Gasteiger partial charge in [0.25, 0.3) is 0 Å². The van der Waals surface area contributed by atoms with Crippen molar-refractivity contribution in [1.29, 1.82) is 0 Å². The fraction of sp³-hybridized carbons (Fsp3) is 0.400. The number of hydrogen-bond acceptors (Lipinski definition) is 4. The van der Waals surface area contributed by atoms with Crippen molar-refractivity contribution < 1.29 is 17.5 Å².